The summed E-state index contributed by atoms with van der Waals surface area (Å²) in [6, 6.07) is 12.2. The van der Waals surface area contributed by atoms with E-state index in [1.54, 1.807) is 29.1 Å². The molecule has 0 unspecified atom stereocenters. The van der Waals surface area contributed by atoms with Gasteiger partial charge < -0.3 is 9.73 Å². The zero-order chi connectivity index (χ0) is 23.5. The molecule has 0 aliphatic heterocycles. The molecule has 172 valence electrons. The number of carbonyl (C=O) groups is 1. The molecule has 1 amide bonds. The second-order valence-corrected chi connectivity index (χ2v) is 7.44. The van der Waals surface area contributed by atoms with Crippen LogP contribution in [0.1, 0.15) is 46.1 Å². The van der Waals surface area contributed by atoms with Crippen molar-refractivity contribution in [2.75, 3.05) is 5.32 Å². The van der Waals surface area contributed by atoms with Crippen LogP contribution < -0.4 is 5.32 Å². The van der Waals surface area contributed by atoms with Crippen LogP contribution in [0.4, 0.5) is 23.4 Å². The van der Waals surface area contributed by atoms with Crippen molar-refractivity contribution in [1.29, 1.82) is 0 Å². The first kappa shape index (κ1) is 22.6. The quantitative estimate of drug-likeness (QED) is 0.335. The van der Waals surface area contributed by atoms with Gasteiger partial charge in [0.05, 0.1) is 13.1 Å². The fourth-order valence-corrected chi connectivity index (χ4v) is 3.32. The van der Waals surface area contributed by atoms with E-state index in [2.05, 4.69) is 15.5 Å². The van der Waals surface area contributed by atoms with Crippen molar-refractivity contribution in [1.82, 2.24) is 19.6 Å². The Bertz CT molecular complexity index is 1270. The number of alkyl halides is 4. The third-order valence-electron chi connectivity index (χ3n) is 4.58. The van der Waals surface area contributed by atoms with Crippen LogP contribution in [0.15, 0.2) is 59.1 Å². The van der Waals surface area contributed by atoms with E-state index >= 15 is 0 Å². The van der Waals surface area contributed by atoms with E-state index in [4.69, 9.17) is 16.0 Å². The molecule has 0 saturated carbocycles. The van der Waals surface area contributed by atoms with Gasteiger partial charge in [0.2, 0.25) is 0 Å². The van der Waals surface area contributed by atoms with Gasteiger partial charge in [-0.05, 0) is 35.9 Å². The molecular formula is C21H16ClF4N5O2. The van der Waals surface area contributed by atoms with Crippen molar-refractivity contribution in [2.24, 2.45) is 0 Å². The van der Waals surface area contributed by atoms with Gasteiger partial charge in [-0.2, -0.15) is 10.2 Å². The summed E-state index contributed by atoms with van der Waals surface area (Å²) in [5, 5.41) is 10.9. The second kappa shape index (κ2) is 9.49. The molecule has 0 atom stereocenters. The smallest absolute Gasteiger partial charge is 0.292 e. The first-order valence-electron chi connectivity index (χ1n) is 9.60. The number of halogens is 5. The second-order valence-electron chi connectivity index (χ2n) is 7.00. The summed E-state index contributed by atoms with van der Waals surface area (Å²) in [6.07, 6.45) is -4.31. The summed E-state index contributed by atoms with van der Waals surface area (Å²) < 4.78 is 59.6. The standard InChI is InChI=1S/C21H16ClF4N5O2/c22-13-3-1-2-12(8-13)10-30-7-6-18(29-30)27-21(32)17-5-4-14(33-17)11-31-16(20(25)26)9-15(28-31)19(23)24/h1-9,19-20H,10-11H2,(H,27,29,32). The molecule has 1 aromatic carbocycles. The number of benzene rings is 1. The van der Waals surface area contributed by atoms with E-state index in [9.17, 15) is 22.4 Å². The Labute approximate surface area is 189 Å². The molecule has 0 radical (unpaired) electrons. The van der Waals surface area contributed by atoms with E-state index in [1.165, 1.54) is 12.1 Å². The number of nitrogens with one attached hydrogen (secondary N) is 1. The van der Waals surface area contributed by atoms with Crippen molar-refractivity contribution >= 4 is 23.3 Å². The minimum atomic E-state index is -3.00. The van der Waals surface area contributed by atoms with Crippen LogP contribution in [0.25, 0.3) is 0 Å². The molecule has 33 heavy (non-hydrogen) atoms. The Balaban J connectivity index is 1.41. The summed E-state index contributed by atoms with van der Waals surface area (Å²) in [5.41, 5.74) is -0.503. The monoisotopic (exact) mass is 481 g/mol. The van der Waals surface area contributed by atoms with Crippen molar-refractivity contribution in [3.05, 3.63) is 88.2 Å². The third-order valence-corrected chi connectivity index (χ3v) is 4.82. The van der Waals surface area contributed by atoms with E-state index in [0.29, 0.717) is 17.6 Å². The molecule has 0 saturated heterocycles. The van der Waals surface area contributed by atoms with Gasteiger partial charge in [-0.3, -0.25) is 14.2 Å². The summed E-state index contributed by atoms with van der Waals surface area (Å²) in [4.78, 5) is 12.4. The molecule has 0 spiro atoms. The lowest BCUT2D eigenvalue weighted by Gasteiger charge is -2.04. The van der Waals surface area contributed by atoms with Gasteiger partial charge in [0.15, 0.2) is 11.6 Å². The van der Waals surface area contributed by atoms with Gasteiger partial charge in [-0.1, -0.05) is 23.7 Å². The molecule has 4 rings (SSSR count). The van der Waals surface area contributed by atoms with Gasteiger partial charge in [0.25, 0.3) is 18.8 Å². The number of amides is 1. The average Bonchev–Trinajstić information content (AvgIpc) is 3.48. The molecular weight excluding hydrogens is 466 g/mol. The molecule has 0 fully saturated rings. The molecule has 0 aliphatic carbocycles. The zero-order valence-electron chi connectivity index (χ0n) is 16.8. The Kier molecular flexibility index (Phi) is 6.50. The van der Waals surface area contributed by atoms with E-state index in [1.807, 2.05) is 12.1 Å². The molecule has 7 nitrogen and oxygen atoms in total. The largest absolute Gasteiger partial charge is 0.454 e. The van der Waals surface area contributed by atoms with Crippen molar-refractivity contribution < 1.29 is 26.8 Å². The fourth-order valence-electron chi connectivity index (χ4n) is 3.11. The predicted octanol–water partition coefficient (Wildman–Crippen LogP) is 5.55. The highest BCUT2D eigenvalue weighted by molar-refractivity contribution is 6.30. The molecule has 4 aromatic rings. The SMILES string of the molecule is O=C(Nc1ccn(Cc2cccc(Cl)c2)n1)c1ccc(Cn2nc(C(F)F)cc2C(F)F)o1. The van der Waals surface area contributed by atoms with E-state index in [0.717, 1.165) is 10.2 Å². The number of rotatable bonds is 8. The van der Waals surface area contributed by atoms with Crippen LogP contribution in [-0.4, -0.2) is 25.5 Å². The predicted molar refractivity (Wildman–Crippen MR) is 111 cm³/mol. The number of aromatic nitrogens is 4. The molecule has 0 bridgehead atoms. The molecule has 3 aromatic heterocycles. The number of hydrogen-bond acceptors (Lipinski definition) is 4. The lowest BCUT2D eigenvalue weighted by Crippen LogP contribution is -2.12. The van der Waals surface area contributed by atoms with Crippen LogP contribution >= 0.6 is 11.6 Å². The number of hydrogen-bond donors (Lipinski definition) is 1. The summed E-state index contributed by atoms with van der Waals surface area (Å²) in [6.45, 7) is 0.103. The van der Waals surface area contributed by atoms with Gasteiger partial charge in [0, 0.05) is 17.3 Å². The number of nitrogens with zero attached hydrogens (tertiary/aromatic N) is 4. The highest BCUT2D eigenvalue weighted by atomic mass is 35.5. The van der Waals surface area contributed by atoms with Crippen LogP contribution in [0.5, 0.6) is 0 Å². The highest BCUT2D eigenvalue weighted by Gasteiger charge is 2.22. The maximum Gasteiger partial charge on any atom is 0.292 e. The number of furan rings is 1. The fraction of sp³-hybridized carbons (Fsp3) is 0.190. The van der Waals surface area contributed by atoms with Gasteiger partial charge in [-0.15, -0.1) is 0 Å². The minimum absolute atomic E-state index is 0.0949. The van der Waals surface area contributed by atoms with Crippen molar-refractivity contribution in [3.63, 3.8) is 0 Å². The maximum atomic E-state index is 13.1. The van der Waals surface area contributed by atoms with Crippen molar-refractivity contribution in [2.45, 2.75) is 25.9 Å². The maximum absolute atomic E-state index is 13.1. The van der Waals surface area contributed by atoms with E-state index in [-0.39, 0.29) is 23.9 Å². The molecule has 0 aliphatic rings. The first-order chi connectivity index (χ1) is 15.8. The lowest BCUT2D eigenvalue weighted by molar-refractivity contribution is 0.0993. The Morgan fingerprint density at radius 1 is 1.03 bits per heavy atom. The van der Waals surface area contributed by atoms with Gasteiger partial charge in [0.1, 0.15) is 17.1 Å². The van der Waals surface area contributed by atoms with Crippen LogP contribution in [0, 0.1) is 0 Å². The Morgan fingerprint density at radius 3 is 2.58 bits per heavy atom. The number of carbonyl (C=O) groups excluding carboxylic acids is 1. The average molecular weight is 482 g/mol. The lowest BCUT2D eigenvalue weighted by atomic mass is 10.2. The van der Waals surface area contributed by atoms with Crippen molar-refractivity contribution in [3.8, 4) is 0 Å². The Morgan fingerprint density at radius 2 is 1.85 bits per heavy atom. The first-order valence-corrected chi connectivity index (χ1v) is 9.98. The number of anilines is 1. The summed E-state index contributed by atoms with van der Waals surface area (Å²) >= 11 is 5.97. The van der Waals surface area contributed by atoms with Crippen LogP contribution in [-0.2, 0) is 13.1 Å². The molecule has 12 heteroatoms. The van der Waals surface area contributed by atoms with Gasteiger partial charge >= 0.3 is 0 Å². The highest BCUT2D eigenvalue weighted by Crippen LogP contribution is 2.26. The normalized spacial score (nSPS) is 11.5. The zero-order valence-corrected chi connectivity index (χ0v) is 17.5. The van der Waals surface area contributed by atoms with Gasteiger partial charge in [-0.25, -0.2) is 17.6 Å². The molecule has 1 N–H and O–H groups in total. The third kappa shape index (κ3) is 5.43. The summed E-state index contributed by atoms with van der Waals surface area (Å²) in [5.74, 6) is -0.350. The van der Waals surface area contributed by atoms with Crippen LogP contribution in [0.2, 0.25) is 5.02 Å². The van der Waals surface area contributed by atoms with Crippen LogP contribution in [0.3, 0.4) is 0 Å². The summed E-state index contributed by atoms with van der Waals surface area (Å²) in [7, 11) is 0. The van der Waals surface area contributed by atoms with E-state index < -0.39 is 30.1 Å². The Hall–Kier alpha value is -3.60. The topological polar surface area (TPSA) is 77.9 Å². The molecule has 3 heterocycles. The minimum Gasteiger partial charge on any atom is -0.454 e.